The third-order valence-electron chi connectivity index (χ3n) is 8.70. The molecule has 0 amide bonds. The van der Waals surface area contributed by atoms with Crippen LogP contribution in [0, 0.1) is 16.7 Å². The van der Waals surface area contributed by atoms with Gasteiger partial charge in [-0.25, -0.2) is 0 Å². The van der Waals surface area contributed by atoms with Gasteiger partial charge in [-0.15, -0.1) is 0 Å². The Kier molecular flexibility index (Phi) is 5.66. The summed E-state index contributed by atoms with van der Waals surface area (Å²) < 4.78 is 0. The molecule has 3 unspecified atom stereocenters. The van der Waals surface area contributed by atoms with Crippen molar-refractivity contribution in [2.45, 2.75) is 92.0 Å². The zero-order chi connectivity index (χ0) is 20.2. The Morgan fingerprint density at radius 1 is 0.893 bits per heavy atom. The molecule has 4 atom stereocenters. The molecule has 0 aliphatic carbocycles. The Hall–Kier alpha value is -0.160. The largest absolute Gasteiger partial charge is 0.257 e. The van der Waals surface area contributed by atoms with Crippen molar-refractivity contribution in [2.75, 3.05) is 45.8 Å². The Morgan fingerprint density at radius 2 is 1.50 bits per heavy atom. The molecule has 4 nitrogen and oxygen atoms in total. The van der Waals surface area contributed by atoms with Crippen molar-refractivity contribution >= 4 is 0 Å². The molecule has 28 heavy (non-hydrogen) atoms. The van der Waals surface area contributed by atoms with Crippen LogP contribution in [0.3, 0.4) is 0 Å². The molecule has 0 aromatic heterocycles. The summed E-state index contributed by atoms with van der Waals surface area (Å²) in [6.07, 6.45) is 8.15. The maximum atomic E-state index is 2.92. The molecular formula is C24H46N4. The number of hydrogen-bond acceptors (Lipinski definition) is 4. The van der Waals surface area contributed by atoms with Crippen LogP contribution < -0.4 is 0 Å². The summed E-state index contributed by atoms with van der Waals surface area (Å²) in [5, 5.41) is 0. The van der Waals surface area contributed by atoms with Gasteiger partial charge in [0.25, 0.3) is 0 Å². The molecule has 4 aliphatic heterocycles. The number of nitrogens with zero attached hydrogens (tertiary/aromatic N) is 4. The Balaban J connectivity index is 1.47. The number of rotatable bonds is 9. The van der Waals surface area contributed by atoms with Gasteiger partial charge in [-0.2, -0.15) is 0 Å². The lowest BCUT2D eigenvalue weighted by molar-refractivity contribution is -0.103. The standard InChI is InChI=1S/C24H46N4/c1-7-9-23(6,17-20(3)16-22(4,5)8-2)18-21-19-27-13-12-25-10-11-26-14-15-28(21)24(25,26)27/h20-21H,7-19H2,1-6H3/t20?,21?,23?,24-/m0/s1. The molecule has 0 aromatic rings. The highest BCUT2D eigenvalue weighted by atomic mass is 15.8. The van der Waals surface area contributed by atoms with E-state index in [0.717, 1.165) is 12.0 Å². The van der Waals surface area contributed by atoms with Crippen molar-refractivity contribution in [3.05, 3.63) is 0 Å². The first-order valence-corrected chi connectivity index (χ1v) is 12.3. The smallest absolute Gasteiger partial charge is 0.192 e. The number of hydrogen-bond donors (Lipinski definition) is 0. The summed E-state index contributed by atoms with van der Waals surface area (Å²) in [6, 6.07) is 0.744. The van der Waals surface area contributed by atoms with Gasteiger partial charge in [-0.1, -0.05) is 54.4 Å². The first-order valence-electron chi connectivity index (χ1n) is 12.3. The summed E-state index contributed by atoms with van der Waals surface area (Å²) in [5.41, 5.74) is 0.970. The van der Waals surface area contributed by atoms with E-state index in [1.54, 1.807) is 0 Å². The molecule has 4 heterocycles. The van der Waals surface area contributed by atoms with E-state index in [9.17, 15) is 0 Å². The van der Waals surface area contributed by atoms with Gasteiger partial charge >= 0.3 is 0 Å². The SMILES string of the molecule is CCCC(C)(CC(C)CC(C)(C)CC)CC1CN2CCN3CCN4CCN1[C@@]342. The van der Waals surface area contributed by atoms with E-state index in [2.05, 4.69) is 61.1 Å². The minimum atomic E-state index is 0.188. The van der Waals surface area contributed by atoms with Gasteiger partial charge < -0.3 is 0 Å². The lowest BCUT2D eigenvalue weighted by atomic mass is 9.70. The molecule has 162 valence electrons. The third kappa shape index (κ3) is 3.36. The lowest BCUT2D eigenvalue weighted by Gasteiger charge is -2.42. The van der Waals surface area contributed by atoms with E-state index in [4.69, 9.17) is 0 Å². The monoisotopic (exact) mass is 390 g/mol. The fourth-order valence-corrected chi connectivity index (χ4v) is 7.61. The topological polar surface area (TPSA) is 13.0 Å². The van der Waals surface area contributed by atoms with Gasteiger partial charge in [0.1, 0.15) is 0 Å². The predicted molar refractivity (Wildman–Crippen MR) is 118 cm³/mol. The first-order chi connectivity index (χ1) is 13.2. The highest BCUT2D eigenvalue weighted by Gasteiger charge is 2.67. The molecule has 0 bridgehead atoms. The average molecular weight is 391 g/mol. The van der Waals surface area contributed by atoms with Crippen LogP contribution >= 0.6 is 0 Å². The highest BCUT2D eigenvalue weighted by molar-refractivity contribution is 5.12. The van der Waals surface area contributed by atoms with Crippen LogP contribution in [0.1, 0.15) is 80.1 Å². The van der Waals surface area contributed by atoms with Crippen molar-refractivity contribution in [3.63, 3.8) is 0 Å². The normalized spacial score (nSPS) is 34.7. The van der Waals surface area contributed by atoms with Gasteiger partial charge in [0, 0.05) is 51.9 Å². The van der Waals surface area contributed by atoms with Gasteiger partial charge in [0.05, 0.1) is 0 Å². The average Bonchev–Trinajstić information content (AvgIpc) is 3.28. The van der Waals surface area contributed by atoms with E-state index < -0.39 is 0 Å². The highest BCUT2D eigenvalue weighted by Crippen LogP contribution is 2.50. The fourth-order valence-electron chi connectivity index (χ4n) is 7.61. The lowest BCUT2D eigenvalue weighted by Crippen LogP contribution is -2.60. The van der Waals surface area contributed by atoms with Gasteiger partial charge in [0.15, 0.2) is 5.91 Å². The minimum Gasteiger partial charge on any atom is -0.257 e. The molecular weight excluding hydrogens is 344 g/mol. The molecule has 4 heteroatoms. The van der Waals surface area contributed by atoms with E-state index in [0.29, 0.717) is 10.8 Å². The van der Waals surface area contributed by atoms with E-state index in [1.807, 2.05) is 0 Å². The molecule has 1 spiro atoms. The van der Waals surface area contributed by atoms with Crippen molar-refractivity contribution in [2.24, 2.45) is 16.7 Å². The zero-order valence-electron chi connectivity index (χ0n) is 19.6. The van der Waals surface area contributed by atoms with E-state index >= 15 is 0 Å². The summed E-state index contributed by atoms with van der Waals surface area (Å²) >= 11 is 0. The van der Waals surface area contributed by atoms with Crippen LogP contribution in [0.4, 0.5) is 0 Å². The van der Waals surface area contributed by atoms with Gasteiger partial charge in [0.2, 0.25) is 0 Å². The summed E-state index contributed by atoms with van der Waals surface area (Å²) in [5.74, 6) is 1.01. The minimum absolute atomic E-state index is 0.188. The maximum Gasteiger partial charge on any atom is 0.192 e. The molecule has 4 aliphatic rings. The van der Waals surface area contributed by atoms with Crippen LogP contribution in [-0.2, 0) is 0 Å². The second-order valence-electron chi connectivity index (χ2n) is 11.7. The van der Waals surface area contributed by atoms with Crippen molar-refractivity contribution in [1.29, 1.82) is 0 Å². The summed E-state index contributed by atoms with van der Waals surface area (Å²) in [6.45, 7) is 23.7. The molecule has 0 N–H and O–H groups in total. The second-order valence-corrected chi connectivity index (χ2v) is 11.7. The quantitative estimate of drug-likeness (QED) is 0.582. The third-order valence-corrected chi connectivity index (χ3v) is 8.70. The van der Waals surface area contributed by atoms with Crippen LogP contribution in [0.2, 0.25) is 0 Å². The van der Waals surface area contributed by atoms with Crippen LogP contribution in [0.25, 0.3) is 0 Å². The maximum absolute atomic E-state index is 2.92. The fraction of sp³-hybridized carbons (Fsp3) is 1.00. The molecule has 4 rings (SSSR count). The van der Waals surface area contributed by atoms with Gasteiger partial charge in [-0.05, 0) is 42.4 Å². The Morgan fingerprint density at radius 3 is 2.11 bits per heavy atom. The molecule has 4 saturated heterocycles. The Labute approximate surface area is 174 Å². The van der Waals surface area contributed by atoms with Crippen LogP contribution in [-0.4, -0.2) is 77.4 Å². The first kappa shape index (κ1) is 21.1. The molecule has 0 saturated carbocycles. The van der Waals surface area contributed by atoms with Gasteiger partial charge in [-0.3, -0.25) is 19.6 Å². The Bertz CT molecular complexity index is 552. The van der Waals surface area contributed by atoms with E-state index in [1.165, 1.54) is 84.3 Å². The molecule has 0 aromatic carbocycles. The van der Waals surface area contributed by atoms with Crippen LogP contribution in [0.5, 0.6) is 0 Å². The predicted octanol–water partition coefficient (Wildman–Crippen LogP) is 4.28. The second kappa shape index (κ2) is 7.51. The summed E-state index contributed by atoms with van der Waals surface area (Å²) in [7, 11) is 0. The molecule has 0 radical (unpaired) electrons. The van der Waals surface area contributed by atoms with Crippen molar-refractivity contribution < 1.29 is 0 Å². The molecule has 4 fully saturated rings. The zero-order valence-corrected chi connectivity index (χ0v) is 19.6. The van der Waals surface area contributed by atoms with E-state index in [-0.39, 0.29) is 5.91 Å². The van der Waals surface area contributed by atoms with Crippen molar-refractivity contribution in [1.82, 2.24) is 19.6 Å². The van der Waals surface area contributed by atoms with Crippen LogP contribution in [0.15, 0.2) is 0 Å². The summed E-state index contributed by atoms with van der Waals surface area (Å²) in [4.78, 5) is 11.3. The van der Waals surface area contributed by atoms with Crippen molar-refractivity contribution in [3.8, 4) is 0 Å².